The molecule has 2 heteroatoms. The molecule has 114 valence electrons. The quantitative estimate of drug-likeness (QED) is 0.610. The highest BCUT2D eigenvalue weighted by atomic mass is 16.5. The summed E-state index contributed by atoms with van der Waals surface area (Å²) in [4.78, 5) is 0. The van der Waals surface area contributed by atoms with E-state index in [1.807, 2.05) is 42.5 Å². The van der Waals surface area contributed by atoms with Gasteiger partial charge in [-0.2, -0.15) is 0 Å². The van der Waals surface area contributed by atoms with Gasteiger partial charge < -0.3 is 4.52 Å². The zero-order chi connectivity index (χ0) is 16.2. The summed E-state index contributed by atoms with van der Waals surface area (Å²) < 4.78 is 5.60. The summed E-state index contributed by atoms with van der Waals surface area (Å²) in [6.45, 7) is 6.27. The molecular weight excluding hydrogens is 282 g/mol. The normalized spacial score (nSPS) is 10.4. The zero-order valence-electron chi connectivity index (χ0n) is 13.6. The Morgan fingerprint density at radius 2 is 1.61 bits per heavy atom. The molecule has 2 aromatic carbocycles. The van der Waals surface area contributed by atoms with E-state index in [1.54, 1.807) is 0 Å². The van der Waals surface area contributed by atoms with Crippen molar-refractivity contribution in [1.82, 2.24) is 5.16 Å². The van der Waals surface area contributed by atoms with Crippen LogP contribution in [0.25, 0.3) is 11.3 Å². The Bertz CT molecular complexity index is 846. The molecule has 0 aliphatic rings. The van der Waals surface area contributed by atoms with Gasteiger partial charge in [-0.1, -0.05) is 78.9 Å². The Labute approximate surface area is 137 Å². The van der Waals surface area contributed by atoms with Gasteiger partial charge >= 0.3 is 0 Å². The SMILES string of the molecule is Cc1ccc(C#Cc2c(C(C)C)noc2-c2ccccc2)cc1. The van der Waals surface area contributed by atoms with Crippen LogP contribution in [-0.2, 0) is 0 Å². The lowest BCUT2D eigenvalue weighted by atomic mass is 10.0. The zero-order valence-corrected chi connectivity index (χ0v) is 13.6. The van der Waals surface area contributed by atoms with Crippen LogP contribution in [-0.4, -0.2) is 5.16 Å². The number of hydrogen-bond acceptors (Lipinski definition) is 2. The molecule has 0 spiro atoms. The van der Waals surface area contributed by atoms with Crippen molar-refractivity contribution in [3.8, 4) is 23.2 Å². The molecule has 0 aliphatic carbocycles. The molecule has 1 aromatic heterocycles. The molecule has 0 radical (unpaired) electrons. The van der Waals surface area contributed by atoms with Crippen LogP contribution in [0.15, 0.2) is 59.1 Å². The molecule has 1 heterocycles. The van der Waals surface area contributed by atoms with Crippen molar-refractivity contribution in [3.63, 3.8) is 0 Å². The Hall–Kier alpha value is -2.79. The van der Waals surface area contributed by atoms with Gasteiger partial charge in [-0.25, -0.2) is 0 Å². The summed E-state index contributed by atoms with van der Waals surface area (Å²) in [5.74, 6) is 7.51. The van der Waals surface area contributed by atoms with Crippen LogP contribution in [0.4, 0.5) is 0 Å². The summed E-state index contributed by atoms with van der Waals surface area (Å²) in [5.41, 5.74) is 5.01. The van der Waals surface area contributed by atoms with E-state index in [-0.39, 0.29) is 5.92 Å². The van der Waals surface area contributed by atoms with E-state index >= 15 is 0 Å². The maximum atomic E-state index is 5.60. The maximum absolute atomic E-state index is 5.60. The first-order valence-electron chi connectivity index (χ1n) is 7.79. The van der Waals surface area contributed by atoms with Crippen LogP contribution in [0.1, 0.15) is 42.1 Å². The third kappa shape index (κ3) is 3.35. The van der Waals surface area contributed by atoms with Crippen LogP contribution in [0.2, 0.25) is 0 Å². The van der Waals surface area contributed by atoms with Gasteiger partial charge in [-0.3, -0.25) is 0 Å². The van der Waals surface area contributed by atoms with E-state index in [2.05, 4.69) is 49.9 Å². The monoisotopic (exact) mass is 301 g/mol. The second kappa shape index (κ2) is 6.54. The van der Waals surface area contributed by atoms with Gasteiger partial charge in [-0.05, 0) is 19.1 Å². The number of benzene rings is 2. The van der Waals surface area contributed by atoms with E-state index in [1.165, 1.54) is 5.56 Å². The van der Waals surface area contributed by atoms with Crippen LogP contribution in [0, 0.1) is 18.8 Å². The fourth-order valence-electron chi connectivity index (χ4n) is 2.38. The smallest absolute Gasteiger partial charge is 0.182 e. The largest absolute Gasteiger partial charge is 0.355 e. The van der Waals surface area contributed by atoms with Crippen molar-refractivity contribution in [2.24, 2.45) is 0 Å². The average Bonchev–Trinajstić information content (AvgIpc) is 2.99. The molecule has 0 N–H and O–H groups in total. The third-order valence-electron chi connectivity index (χ3n) is 3.68. The molecule has 2 nitrogen and oxygen atoms in total. The highest BCUT2D eigenvalue weighted by Gasteiger charge is 2.18. The molecule has 0 unspecified atom stereocenters. The number of hydrogen-bond donors (Lipinski definition) is 0. The van der Waals surface area contributed by atoms with Gasteiger partial charge in [0.2, 0.25) is 0 Å². The summed E-state index contributed by atoms with van der Waals surface area (Å²) in [5, 5.41) is 4.24. The number of rotatable bonds is 2. The highest BCUT2D eigenvalue weighted by molar-refractivity contribution is 5.67. The first-order valence-corrected chi connectivity index (χ1v) is 7.79. The molecule has 3 rings (SSSR count). The van der Waals surface area contributed by atoms with Gasteiger partial charge in [-0.15, -0.1) is 0 Å². The van der Waals surface area contributed by atoms with E-state index in [0.717, 1.165) is 28.1 Å². The van der Waals surface area contributed by atoms with Gasteiger partial charge in [0.15, 0.2) is 5.76 Å². The molecule has 0 fully saturated rings. The van der Waals surface area contributed by atoms with Crippen molar-refractivity contribution in [2.45, 2.75) is 26.7 Å². The van der Waals surface area contributed by atoms with E-state index < -0.39 is 0 Å². The molecule has 0 amide bonds. The van der Waals surface area contributed by atoms with E-state index in [4.69, 9.17) is 4.52 Å². The minimum atomic E-state index is 0.263. The second-order valence-corrected chi connectivity index (χ2v) is 5.91. The lowest BCUT2D eigenvalue weighted by Gasteiger charge is -2.00. The minimum absolute atomic E-state index is 0.263. The first kappa shape index (κ1) is 15.1. The van der Waals surface area contributed by atoms with Gasteiger partial charge in [0.05, 0.1) is 5.56 Å². The van der Waals surface area contributed by atoms with E-state index in [9.17, 15) is 0 Å². The third-order valence-corrected chi connectivity index (χ3v) is 3.68. The Balaban J connectivity index is 2.07. The molecule has 0 saturated heterocycles. The fourth-order valence-corrected chi connectivity index (χ4v) is 2.38. The summed E-state index contributed by atoms with van der Waals surface area (Å²) >= 11 is 0. The van der Waals surface area contributed by atoms with Crippen molar-refractivity contribution >= 4 is 0 Å². The standard InChI is InChI=1S/C21H19NO/c1-15(2)20-19(14-13-17-11-9-16(3)10-12-17)21(23-22-20)18-7-5-4-6-8-18/h4-12,15H,1-3H3. The number of aryl methyl sites for hydroxylation is 1. The van der Waals surface area contributed by atoms with Crippen LogP contribution in [0.3, 0.4) is 0 Å². The lowest BCUT2D eigenvalue weighted by molar-refractivity contribution is 0.420. The second-order valence-electron chi connectivity index (χ2n) is 5.91. The van der Waals surface area contributed by atoms with Crippen molar-refractivity contribution in [3.05, 3.63) is 77.0 Å². The molecule has 0 aliphatic heterocycles. The number of aromatic nitrogens is 1. The molecule has 0 atom stereocenters. The summed E-state index contributed by atoms with van der Waals surface area (Å²) in [6, 6.07) is 18.2. The molecule has 23 heavy (non-hydrogen) atoms. The predicted octanol–water partition coefficient (Wildman–Crippen LogP) is 5.17. The molecular formula is C21H19NO. The van der Waals surface area contributed by atoms with Crippen LogP contribution < -0.4 is 0 Å². The van der Waals surface area contributed by atoms with Gasteiger partial charge in [0.25, 0.3) is 0 Å². The highest BCUT2D eigenvalue weighted by Crippen LogP contribution is 2.29. The van der Waals surface area contributed by atoms with Crippen LogP contribution in [0.5, 0.6) is 0 Å². The summed E-state index contributed by atoms with van der Waals surface area (Å²) in [7, 11) is 0. The Morgan fingerprint density at radius 3 is 2.26 bits per heavy atom. The topological polar surface area (TPSA) is 26.0 Å². The van der Waals surface area contributed by atoms with Crippen LogP contribution >= 0.6 is 0 Å². The Morgan fingerprint density at radius 1 is 0.913 bits per heavy atom. The van der Waals surface area contributed by atoms with Crippen molar-refractivity contribution in [1.29, 1.82) is 0 Å². The molecule has 3 aromatic rings. The molecule has 0 bridgehead atoms. The fraction of sp³-hybridized carbons (Fsp3) is 0.190. The van der Waals surface area contributed by atoms with Gasteiger partial charge in [0.1, 0.15) is 5.69 Å². The first-order chi connectivity index (χ1) is 11.1. The maximum Gasteiger partial charge on any atom is 0.182 e. The average molecular weight is 301 g/mol. The van der Waals surface area contributed by atoms with Crippen molar-refractivity contribution in [2.75, 3.05) is 0 Å². The van der Waals surface area contributed by atoms with Gasteiger partial charge in [0, 0.05) is 17.0 Å². The summed E-state index contributed by atoms with van der Waals surface area (Å²) in [6.07, 6.45) is 0. The Kier molecular flexibility index (Phi) is 4.30. The number of nitrogens with zero attached hydrogens (tertiary/aromatic N) is 1. The minimum Gasteiger partial charge on any atom is -0.355 e. The van der Waals surface area contributed by atoms with E-state index in [0.29, 0.717) is 0 Å². The van der Waals surface area contributed by atoms with Crippen molar-refractivity contribution < 1.29 is 4.52 Å². The predicted molar refractivity (Wildman–Crippen MR) is 93.2 cm³/mol. The lowest BCUT2D eigenvalue weighted by Crippen LogP contribution is -1.91. The molecule has 0 saturated carbocycles.